The molecule has 0 radical (unpaired) electrons. The van der Waals surface area contributed by atoms with Crippen molar-refractivity contribution in [2.24, 2.45) is 7.05 Å². The van der Waals surface area contributed by atoms with Gasteiger partial charge in [0.15, 0.2) is 0 Å². The molecular weight excluding hydrogens is 265 g/mol. The molecule has 0 saturated carbocycles. The second-order valence-corrected chi connectivity index (χ2v) is 4.13. The van der Waals surface area contributed by atoms with Gasteiger partial charge in [-0.25, -0.2) is 9.18 Å². The van der Waals surface area contributed by atoms with Crippen LogP contribution in [0.2, 0.25) is 0 Å². The predicted molar refractivity (Wildman–Crippen MR) is 70.4 cm³/mol. The summed E-state index contributed by atoms with van der Waals surface area (Å²) in [6.07, 6.45) is 1.27. The summed E-state index contributed by atoms with van der Waals surface area (Å²) in [5.74, 6) is -0.997. The molecule has 2 aromatic rings. The average molecular weight is 279 g/mol. The topological polar surface area (TPSA) is 76.4 Å². The number of aromatic carboxylic acids is 1. The highest BCUT2D eigenvalue weighted by Gasteiger charge is 2.15. The van der Waals surface area contributed by atoms with E-state index >= 15 is 0 Å². The van der Waals surface area contributed by atoms with Crippen LogP contribution in [0.15, 0.2) is 24.4 Å². The number of nitrogens with zero attached hydrogens (tertiary/aromatic N) is 2. The lowest BCUT2D eigenvalue weighted by atomic mass is 10.2. The molecule has 0 aliphatic carbocycles. The van der Waals surface area contributed by atoms with E-state index in [2.05, 4.69) is 10.4 Å². The van der Waals surface area contributed by atoms with E-state index in [4.69, 9.17) is 9.84 Å². The lowest BCUT2D eigenvalue weighted by Gasteiger charge is -2.10. The molecule has 0 fully saturated rings. The molecule has 0 saturated heterocycles. The molecule has 0 spiro atoms. The van der Waals surface area contributed by atoms with Crippen molar-refractivity contribution in [1.82, 2.24) is 9.78 Å². The van der Waals surface area contributed by atoms with Gasteiger partial charge in [0.1, 0.15) is 17.1 Å². The Bertz CT molecular complexity index is 640. The monoisotopic (exact) mass is 279 g/mol. The number of anilines is 1. The van der Waals surface area contributed by atoms with Crippen molar-refractivity contribution in [3.05, 3.63) is 41.5 Å². The molecule has 0 bridgehead atoms. The third-order valence-corrected chi connectivity index (χ3v) is 2.91. The second-order valence-electron chi connectivity index (χ2n) is 4.13. The molecule has 0 aliphatic heterocycles. The van der Waals surface area contributed by atoms with Gasteiger partial charge in [0.05, 0.1) is 31.2 Å². The summed E-state index contributed by atoms with van der Waals surface area (Å²) < 4.78 is 20.1. The Hall–Kier alpha value is -2.57. The van der Waals surface area contributed by atoms with Crippen molar-refractivity contribution < 1.29 is 19.0 Å². The van der Waals surface area contributed by atoms with E-state index in [0.29, 0.717) is 11.4 Å². The van der Waals surface area contributed by atoms with Gasteiger partial charge in [0, 0.05) is 13.1 Å². The van der Waals surface area contributed by atoms with E-state index in [1.807, 2.05) is 0 Å². The third-order valence-electron chi connectivity index (χ3n) is 2.91. The molecule has 1 aromatic carbocycles. The maximum Gasteiger partial charge on any atom is 0.339 e. The Morgan fingerprint density at radius 2 is 2.30 bits per heavy atom. The Balaban J connectivity index is 2.21. The highest BCUT2D eigenvalue weighted by molar-refractivity contribution is 5.88. The van der Waals surface area contributed by atoms with Crippen molar-refractivity contribution in [3.8, 4) is 5.75 Å². The van der Waals surface area contributed by atoms with Crippen LogP contribution in [0.3, 0.4) is 0 Å². The quantitative estimate of drug-likeness (QED) is 0.874. The van der Waals surface area contributed by atoms with Gasteiger partial charge in [-0.15, -0.1) is 0 Å². The molecule has 2 rings (SSSR count). The van der Waals surface area contributed by atoms with E-state index in [1.54, 1.807) is 7.05 Å². The highest BCUT2D eigenvalue weighted by atomic mass is 19.1. The number of carboxylic acids is 1. The fourth-order valence-electron chi connectivity index (χ4n) is 1.80. The zero-order chi connectivity index (χ0) is 14.7. The molecule has 1 aromatic heterocycles. The molecule has 0 amide bonds. The fraction of sp³-hybridized carbons (Fsp3) is 0.231. The van der Waals surface area contributed by atoms with Gasteiger partial charge in [-0.2, -0.15) is 5.10 Å². The van der Waals surface area contributed by atoms with Gasteiger partial charge < -0.3 is 15.2 Å². The minimum Gasteiger partial charge on any atom is -0.497 e. The normalized spacial score (nSPS) is 10.3. The number of ether oxygens (including phenoxy) is 1. The van der Waals surface area contributed by atoms with E-state index in [1.165, 1.54) is 36.2 Å². The lowest BCUT2D eigenvalue weighted by molar-refractivity contribution is 0.0695. The molecule has 1 heterocycles. The summed E-state index contributed by atoms with van der Waals surface area (Å²) in [6, 6.07) is 4.29. The van der Waals surface area contributed by atoms with Crippen LogP contribution < -0.4 is 10.1 Å². The van der Waals surface area contributed by atoms with Crippen LogP contribution in [0.1, 0.15) is 16.1 Å². The zero-order valence-corrected chi connectivity index (χ0v) is 11.1. The van der Waals surface area contributed by atoms with Crippen molar-refractivity contribution in [2.75, 3.05) is 12.4 Å². The van der Waals surface area contributed by atoms with Crippen LogP contribution in [0.4, 0.5) is 10.1 Å². The van der Waals surface area contributed by atoms with Gasteiger partial charge in [0.25, 0.3) is 0 Å². The number of hydrogen-bond donors (Lipinski definition) is 2. The minimum absolute atomic E-state index is 0.0864. The Morgan fingerprint density at radius 3 is 2.95 bits per heavy atom. The first-order valence-corrected chi connectivity index (χ1v) is 5.84. The van der Waals surface area contributed by atoms with Gasteiger partial charge in [0.2, 0.25) is 0 Å². The Morgan fingerprint density at radius 1 is 1.55 bits per heavy atom. The summed E-state index contributed by atoms with van der Waals surface area (Å²) in [5.41, 5.74) is 0.782. The number of hydrogen-bond acceptors (Lipinski definition) is 4. The SMILES string of the molecule is COc1ccc(F)c(NCc2c(C(=O)O)cnn2C)c1. The number of benzene rings is 1. The summed E-state index contributed by atoms with van der Waals surface area (Å²) in [7, 11) is 3.12. The van der Waals surface area contributed by atoms with Gasteiger partial charge >= 0.3 is 5.97 Å². The van der Waals surface area contributed by atoms with E-state index in [0.717, 1.165) is 0 Å². The summed E-state index contributed by atoms with van der Waals surface area (Å²) in [6.45, 7) is 0.141. The number of carbonyl (C=O) groups is 1. The maximum absolute atomic E-state index is 13.6. The third kappa shape index (κ3) is 2.71. The van der Waals surface area contributed by atoms with Crippen LogP contribution in [-0.4, -0.2) is 28.0 Å². The summed E-state index contributed by atoms with van der Waals surface area (Å²) >= 11 is 0. The van der Waals surface area contributed by atoms with Crippen molar-refractivity contribution in [2.45, 2.75) is 6.54 Å². The smallest absolute Gasteiger partial charge is 0.339 e. The molecule has 0 aliphatic rings. The first-order chi connectivity index (χ1) is 9.52. The van der Waals surface area contributed by atoms with Crippen LogP contribution >= 0.6 is 0 Å². The molecule has 106 valence electrons. The van der Waals surface area contributed by atoms with Crippen LogP contribution in [0.5, 0.6) is 5.75 Å². The average Bonchev–Trinajstić information content (AvgIpc) is 2.79. The first-order valence-electron chi connectivity index (χ1n) is 5.84. The van der Waals surface area contributed by atoms with Crippen molar-refractivity contribution in [3.63, 3.8) is 0 Å². The number of aromatic nitrogens is 2. The number of halogens is 1. The second kappa shape index (κ2) is 5.60. The maximum atomic E-state index is 13.6. The highest BCUT2D eigenvalue weighted by Crippen LogP contribution is 2.22. The predicted octanol–water partition coefficient (Wildman–Crippen LogP) is 1.88. The minimum atomic E-state index is -1.07. The molecular formula is C13H14FN3O3. The van der Waals surface area contributed by atoms with Crippen LogP contribution in [0.25, 0.3) is 0 Å². The molecule has 20 heavy (non-hydrogen) atoms. The van der Waals surface area contributed by atoms with Gasteiger partial charge in [-0.3, -0.25) is 4.68 Å². The van der Waals surface area contributed by atoms with Gasteiger partial charge in [-0.1, -0.05) is 0 Å². The number of methoxy groups -OCH3 is 1. The summed E-state index contributed by atoms with van der Waals surface area (Å²) in [4.78, 5) is 11.0. The molecule has 7 heteroatoms. The molecule has 6 nitrogen and oxygen atoms in total. The van der Waals surface area contributed by atoms with Crippen LogP contribution in [0, 0.1) is 5.82 Å². The van der Waals surface area contributed by atoms with Crippen molar-refractivity contribution >= 4 is 11.7 Å². The van der Waals surface area contributed by atoms with Gasteiger partial charge in [-0.05, 0) is 12.1 Å². The van der Waals surface area contributed by atoms with Crippen molar-refractivity contribution in [1.29, 1.82) is 0 Å². The van der Waals surface area contributed by atoms with E-state index < -0.39 is 11.8 Å². The van der Waals surface area contributed by atoms with E-state index in [9.17, 15) is 9.18 Å². The molecule has 0 unspecified atom stereocenters. The largest absolute Gasteiger partial charge is 0.497 e. The number of carboxylic acid groups (broad SMARTS) is 1. The Labute approximate surface area is 114 Å². The van der Waals surface area contributed by atoms with E-state index in [-0.39, 0.29) is 17.8 Å². The summed E-state index contributed by atoms with van der Waals surface area (Å²) in [5, 5.41) is 15.8. The molecule has 0 atom stereocenters. The first kappa shape index (κ1) is 13.9. The fourth-order valence-corrected chi connectivity index (χ4v) is 1.80. The molecule has 2 N–H and O–H groups in total. The number of rotatable bonds is 5. The number of aryl methyl sites for hydroxylation is 1. The lowest BCUT2D eigenvalue weighted by Crippen LogP contribution is -2.11. The van der Waals surface area contributed by atoms with Crippen LogP contribution in [-0.2, 0) is 13.6 Å². The zero-order valence-electron chi connectivity index (χ0n) is 11.1. The number of nitrogens with one attached hydrogen (secondary N) is 1. The Kier molecular flexibility index (Phi) is 3.88. The standard InChI is InChI=1S/C13H14FN3O3/c1-17-12(9(6-16-17)13(18)19)7-15-11-5-8(20-2)3-4-10(11)14/h3-6,15H,7H2,1-2H3,(H,18,19).